The number of hydrogen-bond acceptors (Lipinski definition) is 5. The molecule has 0 spiro atoms. The predicted octanol–water partition coefficient (Wildman–Crippen LogP) is 1.90. The normalized spacial score (nSPS) is 14.1. The van der Waals surface area contributed by atoms with Gasteiger partial charge in [0.25, 0.3) is 0 Å². The van der Waals surface area contributed by atoms with Gasteiger partial charge in [-0.3, -0.25) is 14.4 Å². The summed E-state index contributed by atoms with van der Waals surface area (Å²) in [7, 11) is 10.3. The molecule has 1 aliphatic rings. The Balaban J connectivity index is 1.60. The number of carbonyl (C=O) groups is 3. The molecule has 1 aliphatic heterocycles. The second kappa shape index (κ2) is 8.78. The fraction of sp³-hybridized carbons (Fsp3) is 0.0800. The van der Waals surface area contributed by atoms with E-state index in [9.17, 15) is 14.4 Å². The summed E-state index contributed by atoms with van der Waals surface area (Å²) in [4.78, 5) is 37.9. The maximum Gasteiger partial charge on any atom is 0.249 e. The maximum atomic E-state index is 12.6. The molecule has 2 aromatic carbocycles. The fourth-order valence-corrected chi connectivity index (χ4v) is 3.74. The number of carbonyl (C=O) groups excluding carboxylic acids is 3. The first-order valence-electron chi connectivity index (χ1n) is 10.4. The average Bonchev–Trinajstić information content (AvgIpc) is 3.36. The number of anilines is 1. The largest absolute Gasteiger partial charge is 0.397 e. The van der Waals surface area contributed by atoms with Gasteiger partial charge in [-0.1, -0.05) is 18.2 Å². The zero-order valence-corrected chi connectivity index (χ0v) is 18.7. The molecule has 3 aromatic rings. The fourth-order valence-electron chi connectivity index (χ4n) is 3.74. The number of allylic oxidation sites excluding steroid dienone is 1. The lowest BCUT2D eigenvalue weighted by Crippen LogP contribution is -2.21. The summed E-state index contributed by atoms with van der Waals surface area (Å²) in [6.45, 7) is 0. The number of hydrogen-bond donors (Lipinski definition) is 3. The van der Waals surface area contributed by atoms with Gasteiger partial charge in [-0.05, 0) is 53.6 Å². The Labute approximate surface area is 198 Å². The van der Waals surface area contributed by atoms with E-state index in [1.807, 2.05) is 55.4 Å². The summed E-state index contributed by atoms with van der Waals surface area (Å²) in [5.41, 5.74) is 15.4. The van der Waals surface area contributed by atoms with Crippen molar-refractivity contribution in [2.75, 3.05) is 19.0 Å². The van der Waals surface area contributed by atoms with E-state index in [1.165, 1.54) is 22.7 Å². The lowest BCUT2D eigenvalue weighted by molar-refractivity contribution is -0.111. The second-order valence-electron chi connectivity index (χ2n) is 8.05. The summed E-state index contributed by atoms with van der Waals surface area (Å²) < 4.78 is 1.51. The molecule has 2 heterocycles. The Kier molecular flexibility index (Phi) is 5.85. The smallest absolute Gasteiger partial charge is 0.249 e. The lowest BCUT2D eigenvalue weighted by Gasteiger charge is -2.13. The van der Waals surface area contributed by atoms with Gasteiger partial charge in [-0.25, -0.2) is 0 Å². The second-order valence-corrected chi connectivity index (χ2v) is 8.05. The third-order valence-electron chi connectivity index (χ3n) is 5.59. The van der Waals surface area contributed by atoms with E-state index >= 15 is 0 Å². The average molecular weight is 451 g/mol. The third-order valence-corrected chi connectivity index (χ3v) is 5.59. The molecule has 8 nitrogen and oxygen atoms in total. The van der Waals surface area contributed by atoms with Crippen LogP contribution < -0.4 is 21.7 Å². The van der Waals surface area contributed by atoms with Gasteiger partial charge >= 0.3 is 0 Å². The molecule has 2 radical (unpaired) electrons. The van der Waals surface area contributed by atoms with Gasteiger partial charge in [0.2, 0.25) is 25.6 Å². The molecule has 0 bridgehead atoms. The van der Waals surface area contributed by atoms with Crippen molar-refractivity contribution >= 4 is 43.0 Å². The Morgan fingerprint density at radius 3 is 2.21 bits per heavy atom. The van der Waals surface area contributed by atoms with Crippen molar-refractivity contribution in [1.82, 2.24) is 9.79 Å². The van der Waals surface area contributed by atoms with E-state index in [2.05, 4.69) is 5.32 Å². The van der Waals surface area contributed by atoms with Crippen LogP contribution in [0.25, 0.3) is 23.0 Å². The number of nitrogens with one attached hydrogen (secondary N) is 1. The molecule has 5 N–H and O–H groups in total. The minimum absolute atomic E-state index is 0.0154. The highest BCUT2D eigenvalue weighted by atomic mass is 16.2. The Hall–Kier alpha value is -4.53. The van der Waals surface area contributed by atoms with Crippen LogP contribution in [0.15, 0.2) is 66.4 Å². The first-order valence-corrected chi connectivity index (χ1v) is 10.4. The van der Waals surface area contributed by atoms with Crippen LogP contribution >= 0.6 is 0 Å². The molecular weight excluding hydrogens is 429 g/mol. The van der Waals surface area contributed by atoms with Crippen molar-refractivity contribution in [3.8, 4) is 11.3 Å². The monoisotopic (exact) mass is 451 g/mol. The van der Waals surface area contributed by atoms with Crippen molar-refractivity contribution in [2.24, 2.45) is 11.5 Å². The van der Waals surface area contributed by atoms with Crippen molar-refractivity contribution in [3.05, 3.63) is 88.8 Å². The molecule has 2 amide bonds. The van der Waals surface area contributed by atoms with E-state index in [0.717, 1.165) is 16.9 Å². The first-order chi connectivity index (χ1) is 16.2. The molecule has 1 aromatic heterocycles. The third kappa shape index (κ3) is 4.23. The number of ketones is 1. The number of amides is 2. The van der Waals surface area contributed by atoms with E-state index in [-0.39, 0.29) is 16.9 Å². The van der Waals surface area contributed by atoms with Gasteiger partial charge in [0, 0.05) is 42.9 Å². The minimum atomic E-state index is -0.788. The van der Waals surface area contributed by atoms with E-state index in [4.69, 9.17) is 19.4 Å². The van der Waals surface area contributed by atoms with Crippen molar-refractivity contribution in [2.45, 2.75) is 0 Å². The number of benzene rings is 2. The zero-order valence-electron chi connectivity index (χ0n) is 18.7. The molecule has 4 rings (SSSR count). The number of nitrogens with two attached hydrogens (primary N) is 2. The van der Waals surface area contributed by atoms with Gasteiger partial charge in [-0.2, -0.15) is 0 Å². The molecular formula is C25H22BN5O3. The highest BCUT2D eigenvalue weighted by molar-refractivity contribution is 6.16. The van der Waals surface area contributed by atoms with Crippen molar-refractivity contribution < 1.29 is 14.4 Å². The highest BCUT2D eigenvalue weighted by Gasteiger charge is 2.22. The number of aromatic nitrogens is 1. The molecule has 34 heavy (non-hydrogen) atoms. The summed E-state index contributed by atoms with van der Waals surface area (Å²) in [5.74, 6) is -1.81. The van der Waals surface area contributed by atoms with Crippen molar-refractivity contribution in [1.29, 1.82) is 0 Å². The molecule has 0 unspecified atom stereocenters. The van der Waals surface area contributed by atoms with E-state index < -0.39 is 11.8 Å². The van der Waals surface area contributed by atoms with Crippen LogP contribution in [0.5, 0.6) is 0 Å². The Morgan fingerprint density at radius 2 is 1.59 bits per heavy atom. The number of rotatable bonds is 6. The van der Waals surface area contributed by atoms with Crippen molar-refractivity contribution in [3.63, 3.8) is 0 Å². The van der Waals surface area contributed by atoms with E-state index in [1.54, 1.807) is 12.1 Å². The van der Waals surface area contributed by atoms with E-state index in [0.29, 0.717) is 22.7 Å². The van der Waals surface area contributed by atoms with Gasteiger partial charge in [0.1, 0.15) is 0 Å². The van der Waals surface area contributed by atoms with Crippen LogP contribution in [0.4, 0.5) is 5.69 Å². The maximum absolute atomic E-state index is 12.6. The standard InChI is InChI=1S/C25H22BN5O3/c1-30(2)16-6-3-14(4-7-16)22-10-8-17(31(22)26)12-21-23(32)13-20(29-21)15-5-9-18(24(27)33)19(11-15)25(28)34/h3-13,29H,1-2H3,(H2,27,33)(H2,28,34)/b21-12-. The molecule has 0 saturated heterocycles. The lowest BCUT2D eigenvalue weighted by atomic mass is 10.0. The summed E-state index contributed by atoms with van der Waals surface area (Å²) in [6.07, 6.45) is 3.05. The van der Waals surface area contributed by atoms with Gasteiger partial charge in [0.05, 0.1) is 16.8 Å². The minimum Gasteiger partial charge on any atom is -0.397 e. The quantitative estimate of drug-likeness (QED) is 0.390. The van der Waals surface area contributed by atoms with Crippen LogP contribution in [-0.4, -0.2) is 44.2 Å². The van der Waals surface area contributed by atoms with Gasteiger partial charge in [0.15, 0.2) is 0 Å². The topological polar surface area (TPSA) is 123 Å². The molecule has 9 heteroatoms. The zero-order chi connectivity index (χ0) is 24.6. The van der Waals surface area contributed by atoms with Crippen LogP contribution in [0.2, 0.25) is 0 Å². The van der Waals surface area contributed by atoms with Crippen LogP contribution in [0.3, 0.4) is 0 Å². The summed E-state index contributed by atoms with van der Waals surface area (Å²) in [6, 6.07) is 16.1. The summed E-state index contributed by atoms with van der Waals surface area (Å²) >= 11 is 0. The molecule has 0 saturated carbocycles. The number of nitrogens with zero attached hydrogens (tertiary/aromatic N) is 2. The first kappa shape index (κ1) is 22.7. The Bertz CT molecular complexity index is 1380. The molecule has 0 aliphatic carbocycles. The van der Waals surface area contributed by atoms with Crippen LogP contribution in [0, 0.1) is 0 Å². The summed E-state index contributed by atoms with van der Waals surface area (Å²) in [5, 5.41) is 3.05. The van der Waals surface area contributed by atoms with Gasteiger partial charge < -0.3 is 26.2 Å². The SMILES string of the molecule is [B]n1c(/C=C2\NC(c3ccc(C(N)=O)c(C(N)=O)c3)=CC2=O)ccc1-c1ccc(N(C)C)cc1. The molecule has 168 valence electrons. The number of primary amides is 2. The van der Waals surface area contributed by atoms with Crippen LogP contribution in [-0.2, 0) is 4.79 Å². The Morgan fingerprint density at radius 1 is 0.941 bits per heavy atom. The highest BCUT2D eigenvalue weighted by Crippen LogP contribution is 2.27. The molecule has 0 atom stereocenters. The predicted molar refractivity (Wildman–Crippen MR) is 133 cm³/mol. The van der Waals surface area contributed by atoms with Crippen LogP contribution in [0.1, 0.15) is 32.0 Å². The van der Waals surface area contributed by atoms with Gasteiger partial charge in [-0.15, -0.1) is 0 Å². The molecule has 0 fully saturated rings.